The van der Waals surface area contributed by atoms with Gasteiger partial charge in [-0.05, 0) is 69.7 Å². The normalized spacial score (nSPS) is 29.4. The Labute approximate surface area is 165 Å². The highest BCUT2D eigenvalue weighted by Crippen LogP contribution is 2.39. The van der Waals surface area contributed by atoms with Crippen LogP contribution in [0, 0.1) is 5.82 Å². The monoisotopic (exact) mass is 394 g/mol. The summed E-state index contributed by atoms with van der Waals surface area (Å²) >= 11 is 5.75. The van der Waals surface area contributed by atoms with E-state index in [1.807, 2.05) is 4.90 Å². The summed E-state index contributed by atoms with van der Waals surface area (Å²) in [5, 5.41) is 0.0529. The SMILES string of the molecule is O=C(c1ccc(Cl)c(F)c1)N1CCC[C@@]2(CCCN2C[C@@H]2CCCO2)CC1. The van der Waals surface area contributed by atoms with Crippen LogP contribution in [0.1, 0.15) is 55.3 Å². The van der Waals surface area contributed by atoms with Gasteiger partial charge in [-0.2, -0.15) is 0 Å². The molecule has 1 aromatic carbocycles. The van der Waals surface area contributed by atoms with Crippen LogP contribution in [-0.2, 0) is 4.74 Å². The summed E-state index contributed by atoms with van der Waals surface area (Å²) in [6, 6.07) is 4.34. The standard InChI is InChI=1S/C21H28ClFN2O2/c22-18-6-5-16(14-19(18)23)20(26)24-10-2-7-21(9-12-24)8-3-11-25(21)15-17-4-1-13-27-17/h5-6,14,17H,1-4,7-13,15H2/t17-,21+/m0/s1. The minimum Gasteiger partial charge on any atom is -0.377 e. The van der Waals surface area contributed by atoms with E-state index in [4.69, 9.17) is 16.3 Å². The molecule has 3 fully saturated rings. The number of benzene rings is 1. The third-order valence-corrected chi connectivity index (χ3v) is 6.87. The van der Waals surface area contributed by atoms with E-state index < -0.39 is 5.82 Å². The highest BCUT2D eigenvalue weighted by molar-refractivity contribution is 6.30. The summed E-state index contributed by atoms with van der Waals surface area (Å²) in [6.45, 7) is 4.52. The van der Waals surface area contributed by atoms with Crippen molar-refractivity contribution in [1.29, 1.82) is 0 Å². The third-order valence-electron chi connectivity index (χ3n) is 6.56. The fourth-order valence-electron chi connectivity index (χ4n) is 5.07. The number of ether oxygens (including phenoxy) is 1. The Hall–Kier alpha value is -1.17. The number of halogens is 2. The van der Waals surface area contributed by atoms with Crippen molar-refractivity contribution in [2.45, 2.75) is 56.6 Å². The summed E-state index contributed by atoms with van der Waals surface area (Å²) in [5.74, 6) is -0.626. The number of hydrogen-bond acceptors (Lipinski definition) is 3. The van der Waals surface area contributed by atoms with Gasteiger partial charge in [-0.1, -0.05) is 11.6 Å². The molecule has 0 bridgehead atoms. The van der Waals surface area contributed by atoms with E-state index >= 15 is 0 Å². The number of nitrogens with zero attached hydrogens (tertiary/aromatic N) is 2. The molecular formula is C21H28ClFN2O2. The number of carbonyl (C=O) groups excluding carboxylic acids is 1. The van der Waals surface area contributed by atoms with Crippen LogP contribution in [0.3, 0.4) is 0 Å². The van der Waals surface area contributed by atoms with Crippen LogP contribution >= 0.6 is 11.6 Å². The number of amides is 1. The first-order chi connectivity index (χ1) is 13.1. The van der Waals surface area contributed by atoms with Crippen LogP contribution in [0.4, 0.5) is 4.39 Å². The van der Waals surface area contributed by atoms with Crippen LogP contribution in [-0.4, -0.2) is 60.1 Å². The lowest BCUT2D eigenvalue weighted by atomic mass is 9.87. The molecule has 0 aromatic heterocycles. The molecular weight excluding hydrogens is 367 g/mol. The molecule has 0 N–H and O–H groups in total. The Bertz CT molecular complexity index is 695. The van der Waals surface area contributed by atoms with Crippen molar-refractivity contribution in [3.8, 4) is 0 Å². The molecule has 1 spiro atoms. The van der Waals surface area contributed by atoms with Gasteiger partial charge in [-0.25, -0.2) is 4.39 Å². The van der Waals surface area contributed by atoms with E-state index in [1.165, 1.54) is 37.8 Å². The quantitative estimate of drug-likeness (QED) is 0.773. The van der Waals surface area contributed by atoms with Gasteiger partial charge in [0.25, 0.3) is 5.91 Å². The van der Waals surface area contributed by atoms with E-state index in [2.05, 4.69) is 4.90 Å². The second-order valence-electron chi connectivity index (χ2n) is 8.18. The predicted molar refractivity (Wildman–Crippen MR) is 104 cm³/mol. The van der Waals surface area contributed by atoms with Gasteiger partial charge in [0.05, 0.1) is 11.1 Å². The van der Waals surface area contributed by atoms with E-state index in [9.17, 15) is 9.18 Å². The molecule has 3 aliphatic rings. The Morgan fingerprint density at radius 1 is 1.19 bits per heavy atom. The summed E-state index contributed by atoms with van der Waals surface area (Å²) in [7, 11) is 0. The lowest BCUT2D eigenvalue weighted by Gasteiger charge is -2.39. The average molecular weight is 395 g/mol. The van der Waals surface area contributed by atoms with Gasteiger partial charge in [0.15, 0.2) is 0 Å². The van der Waals surface area contributed by atoms with E-state index in [-0.39, 0.29) is 16.5 Å². The zero-order valence-corrected chi connectivity index (χ0v) is 16.5. The first-order valence-electron chi connectivity index (χ1n) is 10.2. The maximum Gasteiger partial charge on any atom is 0.253 e. The summed E-state index contributed by atoms with van der Waals surface area (Å²) in [5.41, 5.74) is 0.585. The number of carbonyl (C=O) groups is 1. The van der Waals surface area contributed by atoms with Crippen LogP contribution in [0.2, 0.25) is 5.02 Å². The molecule has 27 heavy (non-hydrogen) atoms. The highest BCUT2D eigenvalue weighted by Gasteiger charge is 2.43. The molecule has 3 aliphatic heterocycles. The van der Waals surface area contributed by atoms with Crippen molar-refractivity contribution in [2.75, 3.05) is 32.8 Å². The summed E-state index contributed by atoms with van der Waals surface area (Å²) in [6.07, 6.45) is 8.24. The van der Waals surface area contributed by atoms with Gasteiger partial charge in [-0.15, -0.1) is 0 Å². The molecule has 0 aliphatic carbocycles. The van der Waals surface area contributed by atoms with Crippen LogP contribution in [0.25, 0.3) is 0 Å². The van der Waals surface area contributed by atoms with E-state index in [0.29, 0.717) is 11.7 Å². The second kappa shape index (κ2) is 8.06. The maximum atomic E-state index is 13.8. The average Bonchev–Trinajstić information content (AvgIpc) is 3.25. The van der Waals surface area contributed by atoms with Crippen molar-refractivity contribution in [3.63, 3.8) is 0 Å². The first-order valence-corrected chi connectivity index (χ1v) is 10.6. The first kappa shape index (κ1) is 19.2. The van der Waals surface area contributed by atoms with Gasteiger partial charge < -0.3 is 9.64 Å². The van der Waals surface area contributed by atoms with Gasteiger partial charge >= 0.3 is 0 Å². The summed E-state index contributed by atoms with van der Waals surface area (Å²) < 4.78 is 19.6. The minimum absolute atomic E-state index is 0.0529. The topological polar surface area (TPSA) is 32.8 Å². The van der Waals surface area contributed by atoms with Crippen LogP contribution < -0.4 is 0 Å². The Morgan fingerprint density at radius 3 is 2.74 bits per heavy atom. The minimum atomic E-state index is -0.535. The smallest absolute Gasteiger partial charge is 0.253 e. The molecule has 3 saturated heterocycles. The highest BCUT2D eigenvalue weighted by atomic mass is 35.5. The molecule has 4 rings (SSSR count). The van der Waals surface area contributed by atoms with Crippen molar-refractivity contribution in [1.82, 2.24) is 9.80 Å². The van der Waals surface area contributed by atoms with E-state index in [0.717, 1.165) is 52.0 Å². The molecule has 1 amide bonds. The Kier molecular flexibility index (Phi) is 5.72. The lowest BCUT2D eigenvalue weighted by Crippen LogP contribution is -2.47. The molecule has 148 valence electrons. The van der Waals surface area contributed by atoms with Crippen molar-refractivity contribution in [2.24, 2.45) is 0 Å². The fourth-order valence-corrected chi connectivity index (χ4v) is 5.19. The Morgan fingerprint density at radius 2 is 2.00 bits per heavy atom. The zero-order valence-electron chi connectivity index (χ0n) is 15.8. The number of rotatable bonds is 3. The molecule has 0 unspecified atom stereocenters. The third kappa shape index (κ3) is 4.01. The van der Waals surface area contributed by atoms with Crippen LogP contribution in [0.15, 0.2) is 18.2 Å². The number of hydrogen-bond donors (Lipinski definition) is 0. The van der Waals surface area contributed by atoms with Crippen molar-refractivity contribution >= 4 is 17.5 Å². The molecule has 0 radical (unpaired) electrons. The van der Waals surface area contributed by atoms with Gasteiger partial charge in [0.1, 0.15) is 5.82 Å². The molecule has 1 aromatic rings. The maximum absolute atomic E-state index is 13.8. The largest absolute Gasteiger partial charge is 0.377 e. The Balaban J connectivity index is 1.43. The predicted octanol–water partition coefficient (Wildman–Crippen LogP) is 4.12. The lowest BCUT2D eigenvalue weighted by molar-refractivity contribution is 0.0339. The van der Waals surface area contributed by atoms with Crippen LogP contribution in [0.5, 0.6) is 0 Å². The van der Waals surface area contributed by atoms with E-state index in [1.54, 1.807) is 6.07 Å². The van der Waals surface area contributed by atoms with Crippen molar-refractivity contribution in [3.05, 3.63) is 34.6 Å². The molecule has 4 nitrogen and oxygen atoms in total. The molecule has 3 heterocycles. The van der Waals surface area contributed by atoms with Gasteiger partial charge in [-0.3, -0.25) is 9.69 Å². The number of likely N-dealkylation sites (tertiary alicyclic amines) is 2. The van der Waals surface area contributed by atoms with Crippen molar-refractivity contribution < 1.29 is 13.9 Å². The van der Waals surface area contributed by atoms with Gasteiger partial charge in [0, 0.05) is 37.3 Å². The molecule has 0 saturated carbocycles. The zero-order chi connectivity index (χ0) is 18.9. The molecule has 6 heteroatoms. The fraction of sp³-hybridized carbons (Fsp3) is 0.667. The molecule has 2 atom stereocenters. The van der Waals surface area contributed by atoms with Gasteiger partial charge in [0.2, 0.25) is 0 Å². The second-order valence-corrected chi connectivity index (χ2v) is 8.59. The summed E-state index contributed by atoms with van der Waals surface area (Å²) in [4.78, 5) is 17.4.